The van der Waals surface area contributed by atoms with Gasteiger partial charge in [0.1, 0.15) is 6.61 Å². The summed E-state index contributed by atoms with van der Waals surface area (Å²) in [6, 6.07) is 20.4. The van der Waals surface area contributed by atoms with E-state index in [0.29, 0.717) is 6.61 Å². The fourth-order valence-corrected chi connectivity index (χ4v) is 2.47. The molecule has 0 saturated carbocycles. The predicted molar refractivity (Wildman–Crippen MR) is 73.8 cm³/mol. The molecule has 2 aromatic carbocycles. The second-order valence-corrected chi connectivity index (χ2v) is 4.58. The van der Waals surface area contributed by atoms with Crippen LogP contribution in [0, 0.1) is 0 Å². The van der Waals surface area contributed by atoms with Crippen molar-refractivity contribution in [2.24, 2.45) is 0 Å². The van der Waals surface area contributed by atoms with Crippen LogP contribution >= 0.6 is 0 Å². The number of cyclic esters (lactones) is 1. The Bertz CT molecular complexity index is 560. The predicted octanol–water partition coefficient (Wildman–Crippen LogP) is 3.30. The number of benzene rings is 2. The first kappa shape index (κ1) is 11.7. The first-order chi connectivity index (χ1) is 9.34. The third kappa shape index (κ3) is 2.43. The highest BCUT2D eigenvalue weighted by atomic mass is 16.5. The summed E-state index contributed by atoms with van der Waals surface area (Å²) in [5.41, 5.74) is 3.37. The smallest absolute Gasteiger partial charge is 0.331 e. The SMILES string of the molecule is O=C1C=C(C(c2ccccc2)c2ccccc2)CO1. The Kier molecular flexibility index (Phi) is 3.15. The summed E-state index contributed by atoms with van der Waals surface area (Å²) in [7, 11) is 0. The Morgan fingerprint density at radius 2 is 1.37 bits per heavy atom. The van der Waals surface area contributed by atoms with Gasteiger partial charge in [-0.05, 0) is 16.7 Å². The van der Waals surface area contributed by atoms with Gasteiger partial charge in [0, 0.05) is 12.0 Å². The first-order valence-electron chi connectivity index (χ1n) is 6.32. The number of ether oxygens (including phenoxy) is 1. The molecule has 0 bridgehead atoms. The summed E-state index contributed by atoms with van der Waals surface area (Å²) in [5.74, 6) is -0.152. The van der Waals surface area contributed by atoms with Crippen molar-refractivity contribution in [2.75, 3.05) is 6.61 Å². The molecule has 1 heterocycles. The molecule has 0 radical (unpaired) electrons. The molecule has 0 saturated heterocycles. The summed E-state index contributed by atoms with van der Waals surface area (Å²) in [5, 5.41) is 0. The summed E-state index contributed by atoms with van der Waals surface area (Å²) in [4.78, 5) is 11.3. The van der Waals surface area contributed by atoms with Crippen LogP contribution in [0.2, 0.25) is 0 Å². The van der Waals surface area contributed by atoms with E-state index >= 15 is 0 Å². The van der Waals surface area contributed by atoms with Gasteiger partial charge in [0.2, 0.25) is 0 Å². The zero-order chi connectivity index (χ0) is 13.1. The summed E-state index contributed by atoms with van der Waals surface area (Å²) in [6.07, 6.45) is 1.62. The molecule has 0 aliphatic carbocycles. The Balaban J connectivity index is 2.07. The topological polar surface area (TPSA) is 26.3 Å². The maximum absolute atomic E-state index is 11.3. The van der Waals surface area contributed by atoms with Gasteiger partial charge in [-0.2, -0.15) is 0 Å². The van der Waals surface area contributed by atoms with E-state index in [2.05, 4.69) is 24.3 Å². The molecule has 1 aliphatic heterocycles. The number of rotatable bonds is 3. The van der Waals surface area contributed by atoms with Crippen molar-refractivity contribution in [2.45, 2.75) is 5.92 Å². The maximum atomic E-state index is 11.3. The van der Waals surface area contributed by atoms with Crippen LogP contribution in [0.1, 0.15) is 17.0 Å². The molecule has 0 fully saturated rings. The van der Waals surface area contributed by atoms with Gasteiger partial charge in [-0.1, -0.05) is 60.7 Å². The first-order valence-corrected chi connectivity index (χ1v) is 6.32. The van der Waals surface area contributed by atoms with Crippen LogP contribution in [0.15, 0.2) is 72.3 Å². The van der Waals surface area contributed by atoms with Crippen LogP contribution in [0.3, 0.4) is 0 Å². The number of carbonyl (C=O) groups excluding carboxylic acids is 1. The van der Waals surface area contributed by atoms with Crippen LogP contribution in [0.5, 0.6) is 0 Å². The van der Waals surface area contributed by atoms with Crippen molar-refractivity contribution in [3.63, 3.8) is 0 Å². The second-order valence-electron chi connectivity index (χ2n) is 4.58. The Hall–Kier alpha value is -2.35. The Morgan fingerprint density at radius 1 is 0.842 bits per heavy atom. The molecule has 3 rings (SSSR count). The highest BCUT2D eigenvalue weighted by molar-refractivity contribution is 5.86. The maximum Gasteiger partial charge on any atom is 0.331 e. The minimum Gasteiger partial charge on any atom is -0.458 e. The van der Waals surface area contributed by atoms with Crippen molar-refractivity contribution >= 4 is 5.97 Å². The summed E-state index contributed by atoms with van der Waals surface area (Å²) < 4.78 is 5.06. The Labute approximate surface area is 112 Å². The molecule has 19 heavy (non-hydrogen) atoms. The van der Waals surface area contributed by atoms with Crippen molar-refractivity contribution in [3.8, 4) is 0 Å². The van der Waals surface area contributed by atoms with E-state index in [1.807, 2.05) is 36.4 Å². The lowest BCUT2D eigenvalue weighted by molar-refractivity contribution is -0.134. The van der Waals surface area contributed by atoms with Gasteiger partial charge < -0.3 is 4.74 Å². The fraction of sp³-hybridized carbons (Fsp3) is 0.118. The third-order valence-corrected chi connectivity index (χ3v) is 3.32. The molecular weight excluding hydrogens is 236 g/mol. The Morgan fingerprint density at radius 3 is 1.79 bits per heavy atom. The fourth-order valence-electron chi connectivity index (χ4n) is 2.47. The molecule has 1 aliphatic rings. The number of hydrogen-bond donors (Lipinski definition) is 0. The van der Waals surface area contributed by atoms with E-state index in [9.17, 15) is 4.79 Å². The number of carbonyl (C=O) groups is 1. The minimum absolute atomic E-state index is 0.0915. The molecule has 0 aromatic heterocycles. The largest absolute Gasteiger partial charge is 0.458 e. The van der Waals surface area contributed by atoms with Gasteiger partial charge in [-0.15, -0.1) is 0 Å². The van der Waals surface area contributed by atoms with Crippen molar-refractivity contribution in [1.29, 1.82) is 0 Å². The van der Waals surface area contributed by atoms with Gasteiger partial charge in [-0.25, -0.2) is 4.79 Å². The second kappa shape index (κ2) is 5.11. The normalized spacial score (nSPS) is 14.4. The molecular formula is C17H14O2. The highest BCUT2D eigenvalue weighted by Gasteiger charge is 2.24. The lowest BCUT2D eigenvalue weighted by Crippen LogP contribution is -2.06. The third-order valence-electron chi connectivity index (χ3n) is 3.32. The zero-order valence-corrected chi connectivity index (χ0v) is 10.5. The van der Waals surface area contributed by atoms with Crippen LogP contribution in [0.4, 0.5) is 0 Å². The molecule has 94 valence electrons. The number of esters is 1. The number of hydrogen-bond acceptors (Lipinski definition) is 2. The monoisotopic (exact) mass is 250 g/mol. The molecule has 2 nitrogen and oxygen atoms in total. The van der Waals surface area contributed by atoms with E-state index < -0.39 is 0 Å². The average molecular weight is 250 g/mol. The van der Waals surface area contributed by atoms with Crippen molar-refractivity contribution < 1.29 is 9.53 Å². The van der Waals surface area contributed by atoms with Gasteiger partial charge in [0.05, 0.1) is 0 Å². The lowest BCUT2D eigenvalue weighted by atomic mass is 9.85. The van der Waals surface area contributed by atoms with Crippen molar-refractivity contribution in [3.05, 3.63) is 83.4 Å². The van der Waals surface area contributed by atoms with Gasteiger partial charge in [0.25, 0.3) is 0 Å². The van der Waals surface area contributed by atoms with Crippen LogP contribution in [-0.2, 0) is 9.53 Å². The van der Waals surface area contributed by atoms with E-state index in [-0.39, 0.29) is 11.9 Å². The quantitative estimate of drug-likeness (QED) is 0.781. The van der Waals surface area contributed by atoms with Crippen molar-refractivity contribution in [1.82, 2.24) is 0 Å². The van der Waals surface area contributed by atoms with E-state index in [4.69, 9.17) is 4.74 Å². The molecule has 0 amide bonds. The lowest BCUT2D eigenvalue weighted by Gasteiger charge is -2.18. The van der Waals surface area contributed by atoms with Crippen LogP contribution in [-0.4, -0.2) is 12.6 Å². The molecule has 0 spiro atoms. The van der Waals surface area contributed by atoms with E-state index in [0.717, 1.165) is 5.57 Å². The molecule has 2 heteroatoms. The van der Waals surface area contributed by atoms with Gasteiger partial charge >= 0.3 is 5.97 Å². The van der Waals surface area contributed by atoms with Crippen LogP contribution < -0.4 is 0 Å². The van der Waals surface area contributed by atoms with E-state index in [1.165, 1.54) is 11.1 Å². The summed E-state index contributed by atoms with van der Waals surface area (Å²) in [6.45, 7) is 0.382. The van der Waals surface area contributed by atoms with E-state index in [1.54, 1.807) is 6.08 Å². The molecule has 0 N–H and O–H groups in total. The summed E-state index contributed by atoms with van der Waals surface area (Å²) >= 11 is 0. The molecule has 0 atom stereocenters. The highest BCUT2D eigenvalue weighted by Crippen LogP contribution is 2.33. The average Bonchev–Trinajstić information content (AvgIpc) is 2.88. The van der Waals surface area contributed by atoms with Gasteiger partial charge in [-0.3, -0.25) is 0 Å². The molecule has 2 aromatic rings. The van der Waals surface area contributed by atoms with Crippen LogP contribution in [0.25, 0.3) is 0 Å². The standard InChI is InChI=1S/C17H14O2/c18-16-11-15(12-19-16)17(13-7-3-1-4-8-13)14-9-5-2-6-10-14/h1-11,17H,12H2. The zero-order valence-electron chi connectivity index (χ0n) is 10.5. The van der Waals surface area contributed by atoms with Gasteiger partial charge in [0.15, 0.2) is 0 Å². The minimum atomic E-state index is -0.244. The molecule has 0 unspecified atom stereocenters.